The zero-order valence-electron chi connectivity index (χ0n) is 10.6. The summed E-state index contributed by atoms with van der Waals surface area (Å²) in [5.41, 5.74) is 1.40. The van der Waals surface area contributed by atoms with Crippen molar-refractivity contribution in [3.63, 3.8) is 0 Å². The van der Waals surface area contributed by atoms with Gasteiger partial charge in [-0.1, -0.05) is 6.07 Å². The summed E-state index contributed by atoms with van der Waals surface area (Å²) in [5, 5.41) is 13.9. The molecule has 2 rings (SSSR count). The van der Waals surface area contributed by atoms with Crippen molar-refractivity contribution in [3.05, 3.63) is 33.9 Å². The molecule has 1 atom stereocenters. The molecular weight excluding hydrogens is 268 g/mol. The van der Waals surface area contributed by atoms with Crippen LogP contribution in [0.15, 0.2) is 18.2 Å². The molecule has 1 saturated heterocycles. The number of rotatable bonds is 4. The number of benzene rings is 1. The SMILES string of the molecule is Cc1ccc([N+](=O)[O-])c(NCC2CCS(=O)(=O)C2)c1. The largest absolute Gasteiger partial charge is 0.379 e. The summed E-state index contributed by atoms with van der Waals surface area (Å²) in [5.74, 6) is 0.416. The van der Waals surface area contributed by atoms with Crippen LogP contribution in [0.3, 0.4) is 0 Å². The number of nitrogens with zero attached hydrogens (tertiary/aromatic N) is 1. The summed E-state index contributed by atoms with van der Waals surface area (Å²) in [6, 6.07) is 4.86. The Balaban J connectivity index is 2.07. The predicted octanol–water partition coefficient (Wildman–Crippen LogP) is 1.75. The number of nitro benzene ring substituents is 1. The van der Waals surface area contributed by atoms with Crippen molar-refractivity contribution in [2.45, 2.75) is 13.3 Å². The molecule has 104 valence electrons. The first-order valence-electron chi connectivity index (χ1n) is 6.07. The molecule has 1 unspecified atom stereocenters. The Bertz CT molecular complexity index is 598. The van der Waals surface area contributed by atoms with E-state index in [0.717, 1.165) is 5.56 Å². The molecule has 1 aromatic rings. The van der Waals surface area contributed by atoms with E-state index in [4.69, 9.17) is 0 Å². The average Bonchev–Trinajstić information content (AvgIpc) is 2.66. The van der Waals surface area contributed by atoms with Gasteiger partial charge in [0.1, 0.15) is 5.69 Å². The lowest BCUT2D eigenvalue weighted by Crippen LogP contribution is -2.16. The second kappa shape index (κ2) is 5.16. The van der Waals surface area contributed by atoms with Crippen molar-refractivity contribution >= 4 is 21.2 Å². The maximum absolute atomic E-state index is 11.3. The molecule has 7 heteroatoms. The molecular formula is C12H16N2O4S. The number of aryl methyl sites for hydroxylation is 1. The Morgan fingerprint density at radius 1 is 1.47 bits per heavy atom. The maximum Gasteiger partial charge on any atom is 0.292 e. The Hall–Kier alpha value is -1.63. The molecule has 6 nitrogen and oxygen atoms in total. The highest BCUT2D eigenvalue weighted by molar-refractivity contribution is 7.91. The molecule has 1 aliphatic heterocycles. The van der Waals surface area contributed by atoms with Gasteiger partial charge in [0.05, 0.1) is 16.4 Å². The molecule has 1 heterocycles. The minimum absolute atomic E-state index is 0.0199. The van der Waals surface area contributed by atoms with Crippen LogP contribution in [0.25, 0.3) is 0 Å². The van der Waals surface area contributed by atoms with Gasteiger partial charge in [-0.3, -0.25) is 10.1 Å². The van der Waals surface area contributed by atoms with Crippen LogP contribution in [-0.2, 0) is 9.84 Å². The fourth-order valence-electron chi connectivity index (χ4n) is 2.24. The van der Waals surface area contributed by atoms with Crippen LogP contribution >= 0.6 is 0 Å². The van der Waals surface area contributed by atoms with E-state index >= 15 is 0 Å². The molecule has 0 aliphatic carbocycles. The van der Waals surface area contributed by atoms with Crippen LogP contribution in [0.5, 0.6) is 0 Å². The lowest BCUT2D eigenvalue weighted by atomic mass is 10.1. The van der Waals surface area contributed by atoms with Crippen molar-refractivity contribution in [2.75, 3.05) is 23.4 Å². The van der Waals surface area contributed by atoms with E-state index in [0.29, 0.717) is 18.7 Å². The van der Waals surface area contributed by atoms with Crippen molar-refractivity contribution < 1.29 is 13.3 Å². The third-order valence-corrected chi connectivity index (χ3v) is 5.09. The second-order valence-electron chi connectivity index (χ2n) is 4.93. The van der Waals surface area contributed by atoms with Crippen molar-refractivity contribution in [1.29, 1.82) is 0 Å². The zero-order chi connectivity index (χ0) is 14.0. The molecule has 1 fully saturated rings. The van der Waals surface area contributed by atoms with Gasteiger partial charge >= 0.3 is 0 Å². The molecule has 0 saturated carbocycles. The third kappa shape index (κ3) is 3.44. The molecule has 0 aromatic heterocycles. The van der Waals surface area contributed by atoms with Gasteiger partial charge in [0, 0.05) is 12.6 Å². The van der Waals surface area contributed by atoms with Crippen LogP contribution in [-0.4, -0.2) is 31.4 Å². The van der Waals surface area contributed by atoms with Crippen LogP contribution in [0.4, 0.5) is 11.4 Å². The van der Waals surface area contributed by atoms with Gasteiger partial charge in [0.15, 0.2) is 9.84 Å². The van der Waals surface area contributed by atoms with Crippen LogP contribution in [0, 0.1) is 23.0 Å². The summed E-state index contributed by atoms with van der Waals surface area (Å²) < 4.78 is 22.7. The Morgan fingerprint density at radius 3 is 2.79 bits per heavy atom. The van der Waals surface area contributed by atoms with Gasteiger partial charge in [0.25, 0.3) is 5.69 Å². The second-order valence-corrected chi connectivity index (χ2v) is 7.16. The normalized spacial score (nSPS) is 21.2. The third-order valence-electron chi connectivity index (χ3n) is 3.26. The van der Waals surface area contributed by atoms with Crippen LogP contribution in [0.2, 0.25) is 0 Å². The molecule has 0 radical (unpaired) electrons. The number of nitrogens with one attached hydrogen (secondary N) is 1. The first kappa shape index (κ1) is 13.8. The van der Waals surface area contributed by atoms with E-state index in [1.165, 1.54) is 6.07 Å². The summed E-state index contributed by atoms with van der Waals surface area (Å²) in [7, 11) is -2.91. The van der Waals surface area contributed by atoms with Crippen molar-refractivity contribution in [2.24, 2.45) is 5.92 Å². The monoisotopic (exact) mass is 284 g/mol. The Labute approximate surface area is 111 Å². The first-order chi connectivity index (χ1) is 8.87. The van der Waals surface area contributed by atoms with E-state index in [2.05, 4.69) is 5.32 Å². The average molecular weight is 284 g/mol. The van der Waals surface area contributed by atoms with E-state index in [1.807, 2.05) is 6.92 Å². The van der Waals surface area contributed by atoms with Gasteiger partial charge in [0.2, 0.25) is 0 Å². The zero-order valence-corrected chi connectivity index (χ0v) is 11.4. The van der Waals surface area contributed by atoms with Crippen LogP contribution in [0.1, 0.15) is 12.0 Å². The van der Waals surface area contributed by atoms with E-state index in [-0.39, 0.29) is 23.1 Å². The molecule has 0 bridgehead atoms. The Kier molecular flexibility index (Phi) is 3.75. The number of nitro groups is 1. The Morgan fingerprint density at radius 2 is 2.21 bits per heavy atom. The molecule has 1 aromatic carbocycles. The number of hydrogen-bond donors (Lipinski definition) is 1. The van der Waals surface area contributed by atoms with E-state index in [9.17, 15) is 18.5 Å². The highest BCUT2D eigenvalue weighted by Crippen LogP contribution is 2.26. The highest BCUT2D eigenvalue weighted by Gasteiger charge is 2.28. The molecule has 0 spiro atoms. The van der Waals surface area contributed by atoms with Gasteiger partial charge in [-0.2, -0.15) is 0 Å². The summed E-state index contributed by atoms with van der Waals surface area (Å²) in [6.45, 7) is 2.30. The first-order valence-corrected chi connectivity index (χ1v) is 7.89. The smallest absolute Gasteiger partial charge is 0.292 e. The van der Waals surface area contributed by atoms with Gasteiger partial charge in [-0.15, -0.1) is 0 Å². The minimum atomic E-state index is -2.91. The van der Waals surface area contributed by atoms with Crippen molar-refractivity contribution in [3.8, 4) is 0 Å². The molecule has 1 aliphatic rings. The summed E-state index contributed by atoms with van der Waals surface area (Å²) in [6.07, 6.45) is 0.620. The standard InChI is InChI=1S/C12H16N2O4S/c1-9-2-3-12(14(15)16)11(6-9)13-7-10-4-5-19(17,18)8-10/h2-3,6,10,13H,4-5,7-8H2,1H3. The lowest BCUT2D eigenvalue weighted by Gasteiger charge is -2.11. The molecule has 1 N–H and O–H groups in total. The van der Waals surface area contributed by atoms with Gasteiger partial charge in [-0.05, 0) is 30.9 Å². The maximum atomic E-state index is 11.3. The van der Waals surface area contributed by atoms with Gasteiger partial charge in [-0.25, -0.2) is 8.42 Å². The fourth-order valence-corrected chi connectivity index (χ4v) is 4.10. The summed E-state index contributed by atoms with van der Waals surface area (Å²) >= 11 is 0. The lowest BCUT2D eigenvalue weighted by molar-refractivity contribution is -0.384. The predicted molar refractivity (Wildman–Crippen MR) is 73.1 cm³/mol. The minimum Gasteiger partial charge on any atom is -0.379 e. The quantitative estimate of drug-likeness (QED) is 0.672. The van der Waals surface area contributed by atoms with Gasteiger partial charge < -0.3 is 5.32 Å². The molecule has 0 amide bonds. The van der Waals surface area contributed by atoms with Crippen LogP contribution < -0.4 is 5.32 Å². The summed E-state index contributed by atoms with van der Waals surface area (Å²) in [4.78, 5) is 10.5. The fraction of sp³-hybridized carbons (Fsp3) is 0.500. The van der Waals surface area contributed by atoms with E-state index in [1.54, 1.807) is 12.1 Å². The molecule has 19 heavy (non-hydrogen) atoms. The highest BCUT2D eigenvalue weighted by atomic mass is 32.2. The number of anilines is 1. The number of sulfone groups is 1. The number of hydrogen-bond acceptors (Lipinski definition) is 5. The van der Waals surface area contributed by atoms with Crippen molar-refractivity contribution in [1.82, 2.24) is 0 Å². The topological polar surface area (TPSA) is 89.3 Å². The van der Waals surface area contributed by atoms with E-state index < -0.39 is 14.8 Å².